The molecule has 4 rings (SSSR count). The molecular weight excluding hydrogens is 256 g/mol. The fourth-order valence-corrected chi connectivity index (χ4v) is 6.84. The minimum Gasteiger partial charge on any atom is -0.393 e. The molecular formula is C20H30O. The van der Waals surface area contributed by atoms with E-state index in [2.05, 4.69) is 39.8 Å². The maximum atomic E-state index is 10.9. The van der Waals surface area contributed by atoms with Crippen molar-refractivity contribution in [2.75, 3.05) is 0 Å². The van der Waals surface area contributed by atoms with E-state index in [0.717, 1.165) is 24.7 Å². The smallest absolute Gasteiger partial charge is 0.0605 e. The zero-order valence-corrected chi connectivity index (χ0v) is 14.0. The first-order valence-corrected chi connectivity index (χ1v) is 8.94. The van der Waals surface area contributed by atoms with E-state index in [1.807, 2.05) is 0 Å². The molecule has 2 fully saturated rings. The van der Waals surface area contributed by atoms with Gasteiger partial charge in [0.05, 0.1) is 6.10 Å². The number of hydrogen-bond donors (Lipinski definition) is 1. The number of aliphatic hydroxyl groups excluding tert-OH is 1. The van der Waals surface area contributed by atoms with Crippen molar-refractivity contribution < 1.29 is 5.11 Å². The van der Waals surface area contributed by atoms with E-state index < -0.39 is 0 Å². The third-order valence-corrected chi connectivity index (χ3v) is 8.09. The van der Waals surface area contributed by atoms with E-state index in [1.54, 1.807) is 5.57 Å². The van der Waals surface area contributed by atoms with Crippen molar-refractivity contribution in [3.05, 3.63) is 23.3 Å². The Labute approximate surface area is 129 Å². The second kappa shape index (κ2) is 4.25. The molecule has 0 aromatic heterocycles. The van der Waals surface area contributed by atoms with Crippen LogP contribution >= 0.6 is 0 Å². The number of aliphatic hydroxyl groups is 1. The molecule has 0 amide bonds. The summed E-state index contributed by atoms with van der Waals surface area (Å²) in [6.45, 7) is 9.72. The van der Waals surface area contributed by atoms with Crippen LogP contribution < -0.4 is 0 Å². The summed E-state index contributed by atoms with van der Waals surface area (Å²) in [7, 11) is 0. The van der Waals surface area contributed by atoms with E-state index in [1.165, 1.54) is 24.8 Å². The van der Waals surface area contributed by atoms with Crippen LogP contribution in [-0.2, 0) is 0 Å². The lowest BCUT2D eigenvalue weighted by molar-refractivity contribution is -0.161. The Bertz CT molecular complexity index is 530. The molecule has 0 aliphatic heterocycles. The van der Waals surface area contributed by atoms with Gasteiger partial charge < -0.3 is 5.11 Å². The Kier molecular flexibility index (Phi) is 2.85. The van der Waals surface area contributed by atoms with Gasteiger partial charge in [-0.2, -0.15) is 0 Å². The summed E-state index contributed by atoms with van der Waals surface area (Å²) >= 11 is 0. The average molecular weight is 286 g/mol. The van der Waals surface area contributed by atoms with Crippen LogP contribution in [-0.4, -0.2) is 11.2 Å². The van der Waals surface area contributed by atoms with Crippen LogP contribution in [0.3, 0.4) is 0 Å². The minimum atomic E-state index is -0.116. The molecule has 0 radical (unpaired) electrons. The lowest BCUT2D eigenvalue weighted by atomic mass is 9.42. The van der Waals surface area contributed by atoms with Crippen molar-refractivity contribution in [1.82, 2.24) is 0 Å². The summed E-state index contributed by atoms with van der Waals surface area (Å²) in [5, 5.41) is 10.9. The molecule has 2 saturated carbocycles. The highest BCUT2D eigenvalue weighted by Crippen LogP contribution is 2.69. The molecule has 0 aromatic carbocycles. The molecule has 4 aliphatic rings. The first-order chi connectivity index (χ1) is 9.89. The first-order valence-electron chi connectivity index (χ1n) is 8.94. The molecule has 7 atom stereocenters. The predicted molar refractivity (Wildman–Crippen MR) is 86.8 cm³/mol. The van der Waals surface area contributed by atoms with Crippen LogP contribution in [0.1, 0.15) is 59.8 Å². The summed E-state index contributed by atoms with van der Waals surface area (Å²) < 4.78 is 0. The van der Waals surface area contributed by atoms with E-state index in [0.29, 0.717) is 17.3 Å². The zero-order chi connectivity index (χ0) is 15.0. The lowest BCUT2D eigenvalue weighted by Crippen LogP contribution is -2.59. The number of allylic oxidation sites excluding steroid dienone is 4. The fraction of sp³-hybridized carbons (Fsp3) is 0.800. The van der Waals surface area contributed by atoms with Gasteiger partial charge in [0.2, 0.25) is 0 Å². The molecule has 4 aliphatic carbocycles. The molecule has 116 valence electrons. The topological polar surface area (TPSA) is 20.2 Å². The van der Waals surface area contributed by atoms with Gasteiger partial charge in [0.1, 0.15) is 0 Å². The highest BCUT2D eigenvalue weighted by atomic mass is 16.3. The zero-order valence-electron chi connectivity index (χ0n) is 14.0. The SMILES string of the molecule is CC1=CC[C@@H]2[C@@H](C)CC[C@@H]3C[C@H](O)[C@@]4(C)CC=C1[C@H]4[C@]32C. The molecule has 0 unspecified atom stereocenters. The predicted octanol–water partition coefficient (Wildman–Crippen LogP) is 4.72. The van der Waals surface area contributed by atoms with Crippen molar-refractivity contribution in [2.24, 2.45) is 34.5 Å². The normalized spacial score (nSPS) is 55.4. The minimum absolute atomic E-state index is 0.0787. The van der Waals surface area contributed by atoms with E-state index in [-0.39, 0.29) is 11.5 Å². The van der Waals surface area contributed by atoms with Gasteiger partial charge >= 0.3 is 0 Å². The van der Waals surface area contributed by atoms with Crippen molar-refractivity contribution in [2.45, 2.75) is 65.9 Å². The Balaban J connectivity index is 1.92. The van der Waals surface area contributed by atoms with Gasteiger partial charge in [0.15, 0.2) is 0 Å². The molecule has 1 heteroatoms. The average Bonchev–Trinajstić information content (AvgIpc) is 2.75. The van der Waals surface area contributed by atoms with Gasteiger partial charge in [-0.25, -0.2) is 0 Å². The maximum Gasteiger partial charge on any atom is 0.0605 e. The van der Waals surface area contributed by atoms with Crippen molar-refractivity contribution in [3.8, 4) is 0 Å². The molecule has 0 aromatic rings. The van der Waals surface area contributed by atoms with Crippen LogP contribution in [0.4, 0.5) is 0 Å². The second-order valence-electron chi connectivity index (χ2n) is 8.90. The monoisotopic (exact) mass is 286 g/mol. The van der Waals surface area contributed by atoms with Crippen molar-refractivity contribution in [1.29, 1.82) is 0 Å². The highest BCUT2D eigenvalue weighted by molar-refractivity contribution is 5.42. The molecule has 1 N–H and O–H groups in total. The van der Waals surface area contributed by atoms with Gasteiger partial charge in [-0.15, -0.1) is 0 Å². The Morgan fingerprint density at radius 2 is 1.95 bits per heavy atom. The quantitative estimate of drug-likeness (QED) is 0.683. The van der Waals surface area contributed by atoms with Crippen LogP contribution in [0.15, 0.2) is 23.3 Å². The van der Waals surface area contributed by atoms with Gasteiger partial charge in [0, 0.05) is 5.41 Å². The van der Waals surface area contributed by atoms with Crippen molar-refractivity contribution in [3.63, 3.8) is 0 Å². The van der Waals surface area contributed by atoms with E-state index in [9.17, 15) is 5.11 Å². The third-order valence-electron chi connectivity index (χ3n) is 8.09. The highest BCUT2D eigenvalue weighted by Gasteiger charge is 2.64. The maximum absolute atomic E-state index is 10.9. The molecule has 0 saturated heterocycles. The van der Waals surface area contributed by atoms with Gasteiger partial charge in [-0.1, -0.05) is 44.9 Å². The van der Waals surface area contributed by atoms with Crippen LogP contribution in [0.5, 0.6) is 0 Å². The second-order valence-corrected chi connectivity index (χ2v) is 8.90. The van der Waals surface area contributed by atoms with E-state index >= 15 is 0 Å². The summed E-state index contributed by atoms with van der Waals surface area (Å²) in [5.41, 5.74) is 3.55. The van der Waals surface area contributed by atoms with Gasteiger partial charge in [-0.3, -0.25) is 0 Å². The van der Waals surface area contributed by atoms with Crippen molar-refractivity contribution >= 4 is 0 Å². The Morgan fingerprint density at radius 1 is 1.19 bits per heavy atom. The van der Waals surface area contributed by atoms with Gasteiger partial charge in [0.25, 0.3) is 0 Å². The fourth-order valence-electron chi connectivity index (χ4n) is 6.84. The lowest BCUT2D eigenvalue weighted by Gasteiger charge is -2.62. The number of rotatable bonds is 0. The standard InChI is InChI=1S/C20H30O/c1-12-6-8-16-13(2)5-7-14-11-17(21)19(3)10-9-15(12)18(19)20(14,16)4/h6,9,13-14,16-18,21H,5,7-8,10-11H2,1-4H3/t13-,14+,16+,17-,18+,19+,20+/m0/s1. The largest absolute Gasteiger partial charge is 0.393 e. The summed E-state index contributed by atoms with van der Waals surface area (Å²) in [6, 6.07) is 0. The first kappa shape index (κ1) is 14.1. The van der Waals surface area contributed by atoms with Crippen LogP contribution in [0, 0.1) is 34.5 Å². The Morgan fingerprint density at radius 3 is 2.71 bits per heavy atom. The summed E-state index contributed by atoms with van der Waals surface area (Å²) in [4.78, 5) is 0. The Hall–Kier alpha value is -0.560. The molecule has 0 heterocycles. The summed E-state index contributed by atoms with van der Waals surface area (Å²) in [6.07, 6.45) is 10.9. The molecule has 1 nitrogen and oxygen atoms in total. The molecule has 0 spiro atoms. The van der Waals surface area contributed by atoms with Crippen LogP contribution in [0.25, 0.3) is 0 Å². The molecule has 0 bridgehead atoms. The third kappa shape index (κ3) is 1.57. The van der Waals surface area contributed by atoms with E-state index in [4.69, 9.17) is 0 Å². The summed E-state index contributed by atoms with van der Waals surface area (Å²) in [5.74, 6) is 2.92. The van der Waals surface area contributed by atoms with Gasteiger partial charge in [-0.05, 0) is 67.3 Å². The number of hydrogen-bond acceptors (Lipinski definition) is 1. The van der Waals surface area contributed by atoms with Crippen LogP contribution in [0.2, 0.25) is 0 Å². The molecule has 21 heavy (non-hydrogen) atoms.